The van der Waals surface area contributed by atoms with Crippen LogP contribution >= 0.6 is 0 Å². The average molecular weight is 1540 g/mol. The monoisotopic (exact) mass is 1540 g/mol. The number of carboxylic acids is 1. The highest BCUT2D eigenvalue weighted by atomic mass is 16.4. The van der Waals surface area contributed by atoms with E-state index in [1.54, 1.807) is 48.5 Å². The quantitative estimate of drug-likeness (QED) is 0.0153. The third-order valence-electron chi connectivity index (χ3n) is 16.5. The number of hydrogen-bond acceptors (Lipinski definition) is 20. The van der Waals surface area contributed by atoms with Crippen LogP contribution in [0.5, 0.6) is 0 Å². The van der Waals surface area contributed by atoms with Crippen LogP contribution in [0, 0.1) is 23.7 Å². The maximum absolute atomic E-state index is 14.8. The van der Waals surface area contributed by atoms with Crippen molar-refractivity contribution in [2.75, 3.05) is 39.3 Å². The number of carbonyl (C=O) groups excluding carboxylic acids is 13. The summed E-state index contributed by atoms with van der Waals surface area (Å²) in [6.07, 6.45) is -1.35. The van der Waals surface area contributed by atoms with Crippen LogP contribution in [0.25, 0.3) is 0 Å². The first-order valence-corrected chi connectivity index (χ1v) is 36.4. The molecule has 0 fully saturated rings. The van der Waals surface area contributed by atoms with Crippen LogP contribution in [0.15, 0.2) is 20.0 Å². The summed E-state index contributed by atoms with van der Waals surface area (Å²) in [5.74, 6) is -15.2. The number of nitrogens with two attached hydrogens (primary N) is 12. The van der Waals surface area contributed by atoms with Gasteiger partial charge in [0, 0.05) is 39.0 Å². The maximum atomic E-state index is 14.8. The fourth-order valence-electron chi connectivity index (χ4n) is 10.6. The smallest absolute Gasteiger partial charge is 0.322 e. The summed E-state index contributed by atoms with van der Waals surface area (Å²) in [6, 6.07) is -15.7. The molecule has 0 aliphatic carbocycles. The molecule has 42 nitrogen and oxygen atoms in total. The van der Waals surface area contributed by atoms with Crippen LogP contribution in [-0.4, -0.2) is 217 Å². The molecule has 0 rings (SSSR count). The van der Waals surface area contributed by atoms with Gasteiger partial charge in [-0.15, -0.1) is 0 Å². The summed E-state index contributed by atoms with van der Waals surface area (Å²) in [7, 11) is 0. The molecule has 614 valence electrons. The summed E-state index contributed by atoms with van der Waals surface area (Å²) >= 11 is 0. The second-order valence-corrected chi connectivity index (χ2v) is 27.6. The number of primary amides is 2. The average Bonchev–Trinajstić information content (AvgIpc) is 0.859. The van der Waals surface area contributed by atoms with Gasteiger partial charge in [0.1, 0.15) is 67.0 Å². The molecule has 0 aliphatic heterocycles. The minimum atomic E-state index is -1.69. The van der Waals surface area contributed by atoms with E-state index < -0.39 is 175 Å². The Bertz CT molecular complexity index is 3040. The molecule has 0 heterocycles. The summed E-state index contributed by atoms with van der Waals surface area (Å²) in [5, 5.41) is 37.6. The van der Waals surface area contributed by atoms with Crippen LogP contribution in [0.2, 0.25) is 0 Å². The molecule has 0 aliphatic rings. The van der Waals surface area contributed by atoms with Crippen LogP contribution in [0.3, 0.4) is 0 Å². The maximum Gasteiger partial charge on any atom is 0.322 e. The number of aliphatic imine (C=N–C) groups is 4. The highest BCUT2D eigenvalue weighted by molar-refractivity contribution is 6.00. The van der Waals surface area contributed by atoms with Gasteiger partial charge in [0.25, 0.3) is 0 Å². The predicted octanol–water partition coefficient (Wildman–Crippen LogP) is -7.58. The molecule has 0 bridgehead atoms. The Morgan fingerprint density at radius 2 is 0.556 bits per heavy atom. The second kappa shape index (κ2) is 53.4. The molecule has 12 atom stereocenters. The summed E-state index contributed by atoms with van der Waals surface area (Å²) < 4.78 is 0. The normalized spacial score (nSPS) is 14.4. The fraction of sp³-hybridized carbons (Fsp3) is 0.727. The molecule has 36 N–H and O–H groups in total. The largest absolute Gasteiger partial charge is 0.480 e. The number of carboxylic acid groups (broad SMARTS) is 1. The number of amides is 13. The van der Waals surface area contributed by atoms with Crippen molar-refractivity contribution in [3.8, 4) is 0 Å². The number of nitrogens with one attached hydrogen (secondary N) is 11. The Morgan fingerprint density at radius 3 is 0.787 bits per heavy atom. The molecule has 108 heavy (non-hydrogen) atoms. The van der Waals surface area contributed by atoms with Crippen molar-refractivity contribution < 1.29 is 72.2 Å². The lowest BCUT2D eigenvalue weighted by molar-refractivity contribution is -0.138. The van der Waals surface area contributed by atoms with Crippen molar-refractivity contribution in [2.45, 2.75) is 244 Å². The zero-order chi connectivity index (χ0) is 82.3. The van der Waals surface area contributed by atoms with Crippen LogP contribution < -0.4 is 127 Å². The third-order valence-corrected chi connectivity index (χ3v) is 16.5. The number of aliphatic carboxylic acids is 1. The van der Waals surface area contributed by atoms with E-state index >= 15 is 0 Å². The van der Waals surface area contributed by atoms with Gasteiger partial charge >= 0.3 is 5.97 Å². The van der Waals surface area contributed by atoms with Gasteiger partial charge in [0.15, 0.2) is 23.8 Å². The minimum absolute atomic E-state index is 0.00799. The first-order chi connectivity index (χ1) is 50.6. The van der Waals surface area contributed by atoms with E-state index in [0.717, 1.165) is 0 Å². The van der Waals surface area contributed by atoms with Gasteiger partial charge in [-0.25, -0.2) is 0 Å². The number of guanidine groups is 4. The van der Waals surface area contributed by atoms with E-state index in [1.165, 1.54) is 0 Å². The standard InChI is InChI=1S/C66H125N27O15/c1-9-37(8)51(70)62(108)93-47(32-36(6)7)60(106)90-44(22-24-49(69)95)58(104)87-41(19-14-28-81-65(75)76)55(101)86-40(18-13-27-80-64(73)74)54(100)85-39(16-10-11-25-67)53(99)89-43(21-23-48(68)94)57(103)88-42(20-15-29-82-66(77)78)56(102)91-46(31-35(4)5)61(107)92-45(30-34(2)3)59(105)84-38(17-12-26-79-63(71)72)52(98)83-33-50(96)97/h34-47,51H,9-33,67,70H2,1-8H3,(H2,68,94)(H2,69,95)(H,83,98)(H,84,105)(H,85,100)(H,86,101)(H,87,104)(H,88,103)(H,89,99)(H,90,106)(H,91,102)(H,92,107)(H,93,108)(H,96,97)(H4,71,72,79)(H4,73,74,80)(H4,75,76,81)(H4,77,78,82)/t37-,38-,39-,40-,41-,42-,43-,44-,45-,46-,47-,51-/m0/s1. The molecule has 0 unspecified atom stereocenters. The van der Waals surface area contributed by atoms with Gasteiger partial charge in [0.2, 0.25) is 76.8 Å². The number of unbranched alkanes of at least 4 members (excludes halogenated alkanes) is 1. The first kappa shape index (κ1) is 97.6. The lowest BCUT2D eigenvalue weighted by Crippen LogP contribution is -2.61. The number of nitrogens with zero attached hydrogens (tertiary/aromatic N) is 4. The van der Waals surface area contributed by atoms with Gasteiger partial charge in [-0.05, 0) is 133 Å². The Balaban J connectivity index is 7.68. The van der Waals surface area contributed by atoms with Crippen molar-refractivity contribution >= 4 is 107 Å². The van der Waals surface area contributed by atoms with Crippen molar-refractivity contribution in [3.05, 3.63) is 0 Å². The molecule has 0 aromatic rings. The first-order valence-electron chi connectivity index (χ1n) is 36.4. The number of hydrogen-bond donors (Lipinski definition) is 24. The molecule has 0 saturated heterocycles. The van der Waals surface area contributed by atoms with Gasteiger partial charge < -0.3 is 132 Å². The molecule has 0 saturated carbocycles. The predicted molar refractivity (Wildman–Crippen MR) is 405 cm³/mol. The molecular formula is C66H125N27O15. The Kier molecular flexibility index (Phi) is 48.2. The minimum Gasteiger partial charge on any atom is -0.480 e. The van der Waals surface area contributed by atoms with Crippen molar-refractivity contribution in [1.82, 2.24) is 58.5 Å². The van der Waals surface area contributed by atoms with Crippen LogP contribution in [0.1, 0.15) is 177 Å². The Morgan fingerprint density at radius 1 is 0.324 bits per heavy atom. The zero-order valence-corrected chi connectivity index (χ0v) is 63.7. The molecular weight excluding hydrogens is 1410 g/mol. The van der Waals surface area contributed by atoms with Gasteiger partial charge in [-0.1, -0.05) is 61.8 Å². The van der Waals surface area contributed by atoms with Crippen LogP contribution in [-0.2, 0) is 67.1 Å². The molecule has 13 amide bonds. The SMILES string of the molecule is CC[C@H](C)[C@H](N)C(=O)N[C@@H](CC(C)C)C(=O)N[C@@H](CCC(N)=O)C(=O)N[C@@H](CCCN=C(N)N)C(=O)N[C@@H](CCCN=C(N)N)C(=O)N[C@@H](CCCCN)C(=O)N[C@@H](CCC(N)=O)C(=O)N[C@@H](CCCN=C(N)N)C(=O)N[C@@H](CC(C)C)C(=O)N[C@@H](CC(C)C)C(=O)N[C@@H](CCCN=C(N)N)C(=O)NCC(=O)O. The zero-order valence-electron chi connectivity index (χ0n) is 63.7. The molecule has 0 radical (unpaired) electrons. The number of carbonyl (C=O) groups is 14. The second-order valence-electron chi connectivity index (χ2n) is 27.6. The lowest BCUT2D eigenvalue weighted by atomic mass is 9.97. The molecule has 0 aromatic heterocycles. The van der Waals surface area contributed by atoms with Crippen molar-refractivity contribution in [3.63, 3.8) is 0 Å². The van der Waals surface area contributed by atoms with E-state index in [2.05, 4.69) is 78.5 Å². The third kappa shape index (κ3) is 43.9. The van der Waals surface area contributed by atoms with Gasteiger partial charge in [-0.2, -0.15) is 0 Å². The van der Waals surface area contributed by atoms with E-state index in [0.29, 0.717) is 12.8 Å². The lowest BCUT2D eigenvalue weighted by Gasteiger charge is -2.29. The highest BCUT2D eigenvalue weighted by Crippen LogP contribution is 2.16. The van der Waals surface area contributed by atoms with Crippen molar-refractivity contribution in [2.24, 2.45) is 112 Å². The van der Waals surface area contributed by atoms with Crippen molar-refractivity contribution in [1.29, 1.82) is 0 Å². The topological polar surface area (TPSA) is 753 Å². The molecule has 0 spiro atoms. The summed E-state index contributed by atoms with van der Waals surface area (Å²) in [4.78, 5) is 209. The fourth-order valence-corrected chi connectivity index (χ4v) is 10.6. The summed E-state index contributed by atoms with van der Waals surface area (Å²) in [6.45, 7) is 13.4. The van der Waals surface area contributed by atoms with Crippen LogP contribution in [0.4, 0.5) is 0 Å². The van der Waals surface area contributed by atoms with Gasteiger partial charge in [-0.3, -0.25) is 87.1 Å². The van der Waals surface area contributed by atoms with E-state index in [9.17, 15) is 72.2 Å². The molecule has 0 aromatic carbocycles. The highest BCUT2D eigenvalue weighted by Gasteiger charge is 2.37. The Labute approximate surface area is 630 Å². The summed E-state index contributed by atoms with van der Waals surface area (Å²) in [5.41, 5.74) is 67.5. The van der Waals surface area contributed by atoms with E-state index in [4.69, 9.17) is 68.8 Å². The number of rotatable bonds is 57. The van der Waals surface area contributed by atoms with E-state index in [1.807, 2.05) is 6.92 Å². The van der Waals surface area contributed by atoms with Gasteiger partial charge in [0.05, 0.1) is 6.04 Å². The van der Waals surface area contributed by atoms with E-state index in [-0.39, 0.29) is 170 Å². The Hall–Kier alpha value is -10.4. The molecule has 42 heteroatoms.